The van der Waals surface area contributed by atoms with Crippen molar-refractivity contribution >= 4 is 33.1 Å². The van der Waals surface area contributed by atoms with Crippen molar-refractivity contribution in [1.82, 2.24) is 19.7 Å². The van der Waals surface area contributed by atoms with Gasteiger partial charge in [0.25, 0.3) is 5.91 Å². The molecular formula is C33H51N7OS. The molecule has 0 fully saturated rings. The highest BCUT2D eigenvalue weighted by Crippen LogP contribution is 2.41. The van der Waals surface area contributed by atoms with E-state index in [1.807, 2.05) is 0 Å². The van der Waals surface area contributed by atoms with Crippen LogP contribution in [0.15, 0.2) is 16.1 Å². The van der Waals surface area contributed by atoms with Crippen LogP contribution in [0, 0.1) is 11.3 Å². The molecule has 1 aliphatic heterocycles. The van der Waals surface area contributed by atoms with Crippen LogP contribution in [-0.2, 0) is 5.41 Å². The number of carbonyl (C=O) groups excluding carboxylic acids is 1. The third kappa shape index (κ3) is 7.75. The first-order valence-electron chi connectivity index (χ1n) is 16.1. The molecule has 0 bridgehead atoms. The predicted octanol–water partition coefficient (Wildman–Crippen LogP) is 8.91. The van der Waals surface area contributed by atoms with Gasteiger partial charge < -0.3 is 4.90 Å². The number of hydrogen-bond donors (Lipinski definition) is 0. The Morgan fingerprint density at radius 3 is 2.17 bits per heavy atom. The van der Waals surface area contributed by atoms with E-state index in [2.05, 4.69) is 66.4 Å². The number of unbranched alkanes of at least 4 members (excludes halogenated alkanes) is 4. The Hall–Kier alpha value is -2.86. The monoisotopic (exact) mass is 593 g/mol. The van der Waals surface area contributed by atoms with Crippen LogP contribution in [-0.4, -0.2) is 44.5 Å². The highest BCUT2D eigenvalue weighted by atomic mass is 32.1. The average molecular weight is 594 g/mol. The van der Waals surface area contributed by atoms with E-state index in [1.54, 1.807) is 11.3 Å². The maximum atomic E-state index is 13.6. The van der Waals surface area contributed by atoms with Crippen LogP contribution in [0.4, 0.5) is 10.1 Å². The van der Waals surface area contributed by atoms with E-state index in [-0.39, 0.29) is 16.9 Å². The van der Waals surface area contributed by atoms with Crippen LogP contribution in [0.5, 0.6) is 0 Å². The van der Waals surface area contributed by atoms with Gasteiger partial charge in [0.2, 0.25) is 0 Å². The summed E-state index contributed by atoms with van der Waals surface area (Å²) in [5, 5.41) is 16.7. The minimum absolute atomic E-state index is 0.127. The summed E-state index contributed by atoms with van der Waals surface area (Å²) in [4.78, 5) is 31.4. The zero-order valence-corrected chi connectivity index (χ0v) is 28.0. The molecule has 3 rings (SSSR count). The number of rotatable bonds is 16. The Labute approximate surface area is 257 Å². The summed E-state index contributed by atoms with van der Waals surface area (Å²) < 4.78 is 1.34. The van der Waals surface area contributed by atoms with Gasteiger partial charge in [-0.3, -0.25) is 4.79 Å². The third-order valence-corrected chi connectivity index (χ3v) is 8.85. The lowest BCUT2D eigenvalue weighted by atomic mass is 9.92. The lowest BCUT2D eigenvalue weighted by Gasteiger charge is -2.21. The second-order valence-corrected chi connectivity index (χ2v) is 13.3. The van der Waals surface area contributed by atoms with Crippen molar-refractivity contribution in [3.05, 3.63) is 28.5 Å². The predicted molar refractivity (Wildman–Crippen MR) is 174 cm³/mol. The maximum Gasteiger partial charge on any atom is 0.291 e. The van der Waals surface area contributed by atoms with E-state index in [0.717, 1.165) is 93.1 Å². The van der Waals surface area contributed by atoms with E-state index in [1.165, 1.54) is 4.68 Å². The van der Waals surface area contributed by atoms with Crippen LogP contribution in [0.2, 0.25) is 0 Å². The topological polar surface area (TPSA) is 100 Å². The zero-order valence-electron chi connectivity index (χ0n) is 27.2. The van der Waals surface area contributed by atoms with Gasteiger partial charge in [-0.05, 0) is 38.5 Å². The minimum Gasteiger partial charge on any atom is -0.348 e. The van der Waals surface area contributed by atoms with Gasteiger partial charge in [0.05, 0.1) is 5.69 Å². The van der Waals surface area contributed by atoms with Gasteiger partial charge in [0.15, 0.2) is 16.8 Å². The Bertz CT molecular complexity index is 1300. The summed E-state index contributed by atoms with van der Waals surface area (Å²) in [6.07, 6.45) is 10.9. The van der Waals surface area contributed by atoms with Crippen molar-refractivity contribution < 1.29 is 4.79 Å². The Kier molecular flexibility index (Phi) is 12.5. The first kappa shape index (κ1) is 33.6. The highest BCUT2D eigenvalue weighted by molar-refractivity contribution is 7.19. The summed E-state index contributed by atoms with van der Waals surface area (Å²) in [5.74, 6) is 0.890. The molecule has 0 amide bonds. The molecule has 0 saturated heterocycles. The first-order valence-corrected chi connectivity index (χ1v) is 17.0. The molecule has 1 aliphatic rings. The quantitative estimate of drug-likeness (QED) is 0.193. The molecule has 9 heteroatoms. The fourth-order valence-electron chi connectivity index (χ4n) is 5.18. The number of anilines is 1. The number of nitrogens with zero attached hydrogens (tertiary/aromatic N) is 7. The fraction of sp³-hybridized carbons (Fsp3) is 0.697. The summed E-state index contributed by atoms with van der Waals surface area (Å²) in [6, 6.07) is 2.21. The van der Waals surface area contributed by atoms with E-state index in [4.69, 9.17) is 20.1 Å². The summed E-state index contributed by atoms with van der Waals surface area (Å²) >= 11 is 1.61. The molecule has 1 atom stereocenters. The van der Waals surface area contributed by atoms with Gasteiger partial charge in [-0.1, -0.05) is 98.8 Å². The molecule has 0 saturated carbocycles. The molecule has 3 heterocycles. The molecule has 0 aliphatic carbocycles. The fourth-order valence-corrected chi connectivity index (χ4v) is 6.39. The van der Waals surface area contributed by atoms with Crippen molar-refractivity contribution in [2.45, 2.75) is 137 Å². The molecule has 0 aromatic carbocycles. The van der Waals surface area contributed by atoms with E-state index in [9.17, 15) is 10.1 Å². The summed E-state index contributed by atoms with van der Waals surface area (Å²) in [5.41, 5.74) is 2.10. The van der Waals surface area contributed by atoms with Gasteiger partial charge in [0, 0.05) is 30.0 Å². The highest BCUT2D eigenvalue weighted by Gasteiger charge is 2.36. The molecular weight excluding hydrogens is 542 g/mol. The number of allylic oxidation sites excluding steroid dienone is 2. The second kappa shape index (κ2) is 15.6. The second-order valence-electron chi connectivity index (χ2n) is 12.4. The molecule has 0 spiro atoms. The average Bonchev–Trinajstić information content (AvgIpc) is 3.60. The van der Waals surface area contributed by atoms with Crippen molar-refractivity contribution in [2.24, 2.45) is 4.99 Å². The van der Waals surface area contributed by atoms with Gasteiger partial charge in [-0.25, -0.2) is 15.0 Å². The number of thiazole rings is 1. The van der Waals surface area contributed by atoms with Crippen molar-refractivity contribution in [2.75, 3.05) is 18.0 Å². The Balaban J connectivity index is 2.26. The standard InChI is InChI=1S/C33H51N7OS/c1-9-14-18-23(13-5)28-37-29-26(24(19-15-10-2)25(22-34)31(41)40(29)38-28)35-30-27(33(6,7)8)36-32(42-30)39(20-16-11-3)21-17-12-4/h23H,9-21H2,1-8H3/b35-26-. The van der Waals surface area contributed by atoms with Gasteiger partial charge in [0.1, 0.15) is 22.4 Å². The largest absolute Gasteiger partial charge is 0.348 e. The van der Waals surface area contributed by atoms with Crippen LogP contribution in [0.1, 0.15) is 154 Å². The van der Waals surface area contributed by atoms with Crippen molar-refractivity contribution in [3.63, 3.8) is 0 Å². The Morgan fingerprint density at radius 2 is 1.62 bits per heavy atom. The number of aromatic nitrogens is 4. The lowest BCUT2D eigenvalue weighted by molar-refractivity contribution is 0.0940. The maximum absolute atomic E-state index is 13.6. The summed E-state index contributed by atoms with van der Waals surface area (Å²) in [6.45, 7) is 19.3. The molecule has 2 aromatic heterocycles. The number of carbonyl (C=O) groups is 1. The number of nitriles is 1. The molecule has 8 nitrogen and oxygen atoms in total. The Morgan fingerprint density at radius 1 is 0.976 bits per heavy atom. The smallest absolute Gasteiger partial charge is 0.291 e. The molecule has 42 heavy (non-hydrogen) atoms. The molecule has 0 N–H and O–H groups in total. The SMILES string of the molecule is CCCCC1=C(C#N)C(=O)n2nc(C(CC)CCCC)nc2/C1=N\c1sc(N(CCCC)CCCC)nc1C(C)(C)C. The first-order chi connectivity index (χ1) is 20.1. The zero-order chi connectivity index (χ0) is 30.9. The van der Waals surface area contributed by atoms with Crippen LogP contribution >= 0.6 is 11.3 Å². The number of aliphatic imine (C=N–C) groups is 1. The van der Waals surface area contributed by atoms with Gasteiger partial charge in [-0.15, -0.1) is 5.10 Å². The van der Waals surface area contributed by atoms with Crippen LogP contribution in [0.3, 0.4) is 0 Å². The van der Waals surface area contributed by atoms with Gasteiger partial charge >= 0.3 is 0 Å². The summed E-state index contributed by atoms with van der Waals surface area (Å²) in [7, 11) is 0. The lowest BCUT2D eigenvalue weighted by Crippen LogP contribution is -2.29. The molecule has 230 valence electrons. The number of fused-ring (bicyclic) bond motifs is 1. The van der Waals surface area contributed by atoms with E-state index < -0.39 is 5.91 Å². The number of hydrogen-bond acceptors (Lipinski definition) is 8. The molecule has 1 unspecified atom stereocenters. The van der Waals surface area contributed by atoms with Crippen molar-refractivity contribution in [1.29, 1.82) is 5.26 Å². The van der Waals surface area contributed by atoms with Gasteiger partial charge in [-0.2, -0.15) is 9.94 Å². The minimum atomic E-state index is -0.395. The van der Waals surface area contributed by atoms with Crippen LogP contribution in [0.25, 0.3) is 0 Å². The molecule has 2 aromatic rings. The normalized spacial score (nSPS) is 15.3. The third-order valence-electron chi connectivity index (χ3n) is 7.84. The van der Waals surface area contributed by atoms with Crippen LogP contribution < -0.4 is 4.90 Å². The van der Waals surface area contributed by atoms with E-state index in [0.29, 0.717) is 29.4 Å². The molecule has 0 radical (unpaired) electrons. The van der Waals surface area contributed by atoms with Crippen molar-refractivity contribution in [3.8, 4) is 6.07 Å². The van der Waals surface area contributed by atoms with E-state index >= 15 is 0 Å².